The van der Waals surface area contributed by atoms with Crippen molar-refractivity contribution in [1.82, 2.24) is 9.78 Å². The summed E-state index contributed by atoms with van der Waals surface area (Å²) in [4.78, 5) is 0. The van der Waals surface area contributed by atoms with E-state index in [4.69, 9.17) is 17.3 Å². The lowest BCUT2D eigenvalue weighted by molar-refractivity contribution is 0.520. The maximum atomic E-state index is 6.32. The van der Waals surface area contributed by atoms with E-state index in [-0.39, 0.29) is 0 Å². The first-order chi connectivity index (χ1) is 7.63. The molecule has 2 N–H and O–H groups in total. The van der Waals surface area contributed by atoms with Crippen molar-refractivity contribution in [1.29, 1.82) is 0 Å². The molecular weight excluding hydrogens is 222 g/mol. The molecule has 16 heavy (non-hydrogen) atoms. The van der Waals surface area contributed by atoms with Crippen LogP contribution in [0.2, 0.25) is 5.02 Å². The second kappa shape index (κ2) is 6.26. The molecule has 1 rings (SSSR count). The average Bonchev–Trinajstić information content (AvgIpc) is 2.62. The van der Waals surface area contributed by atoms with Gasteiger partial charge < -0.3 is 5.73 Å². The SMILES string of the molecule is CCc1nn(CC)c(CCC(C)CN)c1Cl. The van der Waals surface area contributed by atoms with Crippen LogP contribution in [0.5, 0.6) is 0 Å². The third kappa shape index (κ3) is 2.98. The van der Waals surface area contributed by atoms with E-state index in [2.05, 4.69) is 25.9 Å². The number of hydrogen-bond donors (Lipinski definition) is 1. The minimum atomic E-state index is 0.543. The molecule has 0 amide bonds. The van der Waals surface area contributed by atoms with E-state index >= 15 is 0 Å². The highest BCUT2D eigenvalue weighted by atomic mass is 35.5. The number of nitrogens with two attached hydrogens (primary N) is 1. The predicted molar refractivity (Wildman–Crippen MR) is 68.8 cm³/mol. The third-order valence-corrected chi connectivity index (χ3v) is 3.41. The van der Waals surface area contributed by atoms with Gasteiger partial charge in [-0.2, -0.15) is 5.10 Å². The van der Waals surface area contributed by atoms with Crippen LogP contribution < -0.4 is 5.73 Å². The molecule has 0 bridgehead atoms. The summed E-state index contributed by atoms with van der Waals surface area (Å²) >= 11 is 6.32. The maximum absolute atomic E-state index is 6.32. The van der Waals surface area contributed by atoms with Gasteiger partial charge in [-0.3, -0.25) is 4.68 Å². The van der Waals surface area contributed by atoms with Crippen LogP contribution in [-0.4, -0.2) is 16.3 Å². The lowest BCUT2D eigenvalue weighted by Crippen LogP contribution is -2.12. The summed E-state index contributed by atoms with van der Waals surface area (Å²) < 4.78 is 2.02. The minimum absolute atomic E-state index is 0.543. The zero-order chi connectivity index (χ0) is 12.1. The van der Waals surface area contributed by atoms with Gasteiger partial charge in [-0.15, -0.1) is 0 Å². The number of hydrogen-bond acceptors (Lipinski definition) is 2. The molecule has 1 heterocycles. The van der Waals surface area contributed by atoms with Crippen molar-refractivity contribution in [2.24, 2.45) is 11.7 Å². The molecule has 0 saturated heterocycles. The molecule has 0 aliphatic rings. The van der Waals surface area contributed by atoms with Gasteiger partial charge >= 0.3 is 0 Å². The first-order valence-electron chi connectivity index (χ1n) is 6.08. The van der Waals surface area contributed by atoms with Gasteiger partial charge in [0, 0.05) is 6.54 Å². The van der Waals surface area contributed by atoms with Gasteiger partial charge in [0.1, 0.15) is 0 Å². The molecule has 92 valence electrons. The molecule has 1 aromatic rings. The van der Waals surface area contributed by atoms with Crippen molar-refractivity contribution in [3.8, 4) is 0 Å². The van der Waals surface area contributed by atoms with Crippen LogP contribution in [0.15, 0.2) is 0 Å². The Morgan fingerprint density at radius 3 is 2.62 bits per heavy atom. The molecule has 0 saturated carbocycles. The van der Waals surface area contributed by atoms with Crippen LogP contribution in [0.25, 0.3) is 0 Å². The van der Waals surface area contributed by atoms with E-state index < -0.39 is 0 Å². The van der Waals surface area contributed by atoms with Crippen LogP contribution in [0.1, 0.15) is 38.6 Å². The van der Waals surface area contributed by atoms with Crippen molar-refractivity contribution in [2.75, 3.05) is 6.54 Å². The van der Waals surface area contributed by atoms with E-state index in [1.54, 1.807) is 0 Å². The summed E-state index contributed by atoms with van der Waals surface area (Å²) in [7, 11) is 0. The Hall–Kier alpha value is -0.540. The molecule has 0 aromatic carbocycles. The molecule has 3 nitrogen and oxygen atoms in total. The largest absolute Gasteiger partial charge is 0.330 e. The van der Waals surface area contributed by atoms with Gasteiger partial charge in [0.2, 0.25) is 0 Å². The second-order valence-corrected chi connectivity index (χ2v) is 4.63. The first kappa shape index (κ1) is 13.5. The predicted octanol–water partition coefficient (Wildman–Crippen LogP) is 2.65. The average molecular weight is 244 g/mol. The van der Waals surface area contributed by atoms with Gasteiger partial charge in [0.05, 0.1) is 16.4 Å². The summed E-state index contributed by atoms with van der Waals surface area (Å²) in [6.45, 7) is 7.96. The van der Waals surface area contributed by atoms with Crippen LogP contribution in [0, 0.1) is 5.92 Å². The maximum Gasteiger partial charge on any atom is 0.0849 e. The van der Waals surface area contributed by atoms with Crippen LogP contribution >= 0.6 is 11.6 Å². The first-order valence-corrected chi connectivity index (χ1v) is 6.45. The van der Waals surface area contributed by atoms with E-state index in [9.17, 15) is 0 Å². The van der Waals surface area contributed by atoms with Gasteiger partial charge in [0.15, 0.2) is 0 Å². The van der Waals surface area contributed by atoms with Crippen LogP contribution in [0.4, 0.5) is 0 Å². The topological polar surface area (TPSA) is 43.8 Å². The highest BCUT2D eigenvalue weighted by Gasteiger charge is 2.14. The number of rotatable bonds is 6. The molecule has 1 unspecified atom stereocenters. The zero-order valence-electron chi connectivity index (χ0n) is 10.5. The molecular formula is C12H22ClN3. The minimum Gasteiger partial charge on any atom is -0.330 e. The molecule has 1 atom stereocenters. The number of halogens is 1. The van der Waals surface area contributed by atoms with Crippen molar-refractivity contribution < 1.29 is 0 Å². The Kier molecular flexibility index (Phi) is 5.29. The Bertz CT molecular complexity index is 333. The fraction of sp³-hybridized carbons (Fsp3) is 0.750. The van der Waals surface area contributed by atoms with Crippen LogP contribution in [0.3, 0.4) is 0 Å². The van der Waals surface area contributed by atoms with Crippen LogP contribution in [-0.2, 0) is 19.4 Å². The molecule has 0 radical (unpaired) electrons. The highest BCUT2D eigenvalue weighted by Crippen LogP contribution is 2.23. The summed E-state index contributed by atoms with van der Waals surface area (Å²) in [6.07, 6.45) is 2.94. The Morgan fingerprint density at radius 1 is 1.44 bits per heavy atom. The van der Waals surface area contributed by atoms with E-state index in [0.29, 0.717) is 5.92 Å². The van der Waals surface area contributed by atoms with E-state index in [0.717, 1.165) is 43.1 Å². The molecule has 0 spiro atoms. The molecule has 0 aliphatic heterocycles. The molecule has 0 fully saturated rings. The molecule has 1 aromatic heterocycles. The quantitative estimate of drug-likeness (QED) is 0.835. The summed E-state index contributed by atoms with van der Waals surface area (Å²) in [6, 6.07) is 0. The summed E-state index contributed by atoms with van der Waals surface area (Å²) in [5.74, 6) is 0.543. The lowest BCUT2D eigenvalue weighted by Gasteiger charge is -2.09. The Morgan fingerprint density at radius 2 is 2.12 bits per heavy atom. The molecule has 0 aliphatic carbocycles. The van der Waals surface area contributed by atoms with E-state index in [1.807, 2.05) is 4.68 Å². The number of aryl methyl sites for hydroxylation is 2. The van der Waals surface area contributed by atoms with Crippen molar-refractivity contribution in [3.63, 3.8) is 0 Å². The number of aromatic nitrogens is 2. The monoisotopic (exact) mass is 243 g/mol. The number of nitrogens with zero attached hydrogens (tertiary/aromatic N) is 2. The zero-order valence-corrected chi connectivity index (χ0v) is 11.2. The van der Waals surface area contributed by atoms with Crippen molar-refractivity contribution >= 4 is 11.6 Å². The van der Waals surface area contributed by atoms with Crippen molar-refractivity contribution in [3.05, 3.63) is 16.4 Å². The fourth-order valence-electron chi connectivity index (χ4n) is 1.76. The summed E-state index contributed by atoms with van der Waals surface area (Å²) in [5.41, 5.74) is 7.80. The van der Waals surface area contributed by atoms with Gasteiger partial charge in [-0.05, 0) is 38.6 Å². The van der Waals surface area contributed by atoms with Gasteiger partial charge in [-0.1, -0.05) is 25.4 Å². The summed E-state index contributed by atoms with van der Waals surface area (Å²) in [5, 5.41) is 5.36. The lowest BCUT2D eigenvalue weighted by atomic mass is 10.0. The Labute approximate surface area is 103 Å². The normalized spacial score (nSPS) is 13.1. The standard InChI is InChI=1S/C12H22ClN3/c1-4-10-12(13)11(16(5-2)15-10)7-6-9(3)8-14/h9H,4-8,14H2,1-3H3. The van der Waals surface area contributed by atoms with Gasteiger partial charge in [-0.25, -0.2) is 0 Å². The van der Waals surface area contributed by atoms with Gasteiger partial charge in [0.25, 0.3) is 0 Å². The molecule has 4 heteroatoms. The highest BCUT2D eigenvalue weighted by molar-refractivity contribution is 6.31. The second-order valence-electron chi connectivity index (χ2n) is 4.26. The van der Waals surface area contributed by atoms with Crippen molar-refractivity contribution in [2.45, 2.75) is 46.6 Å². The van der Waals surface area contributed by atoms with E-state index in [1.165, 1.54) is 5.69 Å². The third-order valence-electron chi connectivity index (χ3n) is 2.97. The fourth-order valence-corrected chi connectivity index (χ4v) is 2.12. The smallest absolute Gasteiger partial charge is 0.0849 e. The Balaban J connectivity index is 2.80.